The number of hydrogen-bond donors (Lipinski definition) is 1. The maximum absolute atomic E-state index is 11.8. The van der Waals surface area contributed by atoms with Crippen molar-refractivity contribution in [3.05, 3.63) is 11.7 Å². The topological polar surface area (TPSA) is 74.2 Å². The molecule has 1 aromatic heterocycles. The van der Waals surface area contributed by atoms with E-state index in [9.17, 15) is 13.2 Å². The fraction of sp³-hybridized carbons (Fsp3) is 0.778. The number of aromatic nitrogens is 2. The molecule has 1 rings (SSSR count). The molecule has 1 unspecified atom stereocenters. The Labute approximate surface area is 96.1 Å². The number of rotatable bonds is 6. The molecule has 2 N–H and O–H groups in total. The predicted octanol–water partition coefficient (Wildman–Crippen LogP) is 1.95. The average molecular weight is 253 g/mol. The van der Waals surface area contributed by atoms with E-state index in [1.807, 2.05) is 6.92 Å². The second-order valence-electron chi connectivity index (χ2n) is 3.55. The Kier molecular flexibility index (Phi) is 4.88. The smallest absolute Gasteiger partial charge is 0.362 e. The van der Waals surface area contributed by atoms with Crippen molar-refractivity contribution in [1.29, 1.82) is 0 Å². The van der Waals surface area contributed by atoms with Gasteiger partial charge in [-0.3, -0.25) is 0 Å². The van der Waals surface area contributed by atoms with Gasteiger partial charge in [0.15, 0.2) is 5.82 Å². The molecule has 0 bridgehead atoms. The Bertz CT molecular complexity index is 340. The van der Waals surface area contributed by atoms with Gasteiger partial charge in [-0.15, -0.1) is 0 Å². The van der Waals surface area contributed by atoms with Crippen molar-refractivity contribution >= 4 is 0 Å². The Morgan fingerprint density at radius 3 is 2.76 bits per heavy atom. The summed E-state index contributed by atoms with van der Waals surface area (Å²) >= 11 is 0. The molecule has 0 amide bonds. The molecule has 5 nitrogen and oxygen atoms in total. The molecule has 0 saturated heterocycles. The minimum atomic E-state index is -4.36. The molecule has 1 atom stereocenters. The van der Waals surface area contributed by atoms with Crippen LogP contribution in [0.15, 0.2) is 4.52 Å². The Morgan fingerprint density at radius 1 is 1.47 bits per heavy atom. The van der Waals surface area contributed by atoms with Crippen molar-refractivity contribution in [1.82, 2.24) is 10.1 Å². The molecule has 0 aliphatic heterocycles. The van der Waals surface area contributed by atoms with Crippen LogP contribution in [-0.4, -0.2) is 22.9 Å². The maximum Gasteiger partial charge on any atom is 0.411 e. The van der Waals surface area contributed by atoms with Crippen LogP contribution in [0.4, 0.5) is 13.2 Å². The lowest BCUT2D eigenvalue weighted by Crippen LogP contribution is -2.16. The van der Waals surface area contributed by atoms with Crippen LogP contribution in [0.2, 0.25) is 0 Å². The monoisotopic (exact) mass is 253 g/mol. The summed E-state index contributed by atoms with van der Waals surface area (Å²) in [5, 5.41) is 3.58. The van der Waals surface area contributed by atoms with E-state index in [0.717, 1.165) is 6.42 Å². The van der Waals surface area contributed by atoms with Crippen molar-refractivity contribution in [2.75, 3.05) is 6.61 Å². The van der Waals surface area contributed by atoms with Crippen LogP contribution in [0.5, 0.6) is 0 Å². The zero-order chi connectivity index (χ0) is 12.9. The van der Waals surface area contributed by atoms with Gasteiger partial charge < -0.3 is 15.0 Å². The molecule has 8 heteroatoms. The van der Waals surface area contributed by atoms with Crippen LogP contribution in [0, 0.1) is 0 Å². The second kappa shape index (κ2) is 5.97. The Morgan fingerprint density at radius 2 is 2.18 bits per heavy atom. The summed E-state index contributed by atoms with van der Waals surface area (Å²) < 4.78 is 44.4. The van der Waals surface area contributed by atoms with Crippen LogP contribution in [-0.2, 0) is 11.3 Å². The zero-order valence-corrected chi connectivity index (χ0v) is 9.33. The highest BCUT2D eigenvalue weighted by Crippen LogP contribution is 2.16. The van der Waals surface area contributed by atoms with E-state index in [2.05, 4.69) is 14.9 Å². The van der Waals surface area contributed by atoms with Crippen LogP contribution < -0.4 is 5.73 Å². The van der Waals surface area contributed by atoms with Crippen molar-refractivity contribution in [2.45, 2.75) is 38.6 Å². The summed E-state index contributed by atoms with van der Waals surface area (Å²) in [6.45, 7) is 0.240. The third kappa shape index (κ3) is 5.14. The summed E-state index contributed by atoms with van der Waals surface area (Å²) in [7, 11) is 0. The van der Waals surface area contributed by atoms with Gasteiger partial charge in [-0.25, -0.2) is 0 Å². The SMILES string of the molecule is CCCC(N)c1noc(COCC(F)(F)F)n1. The molecule has 0 fully saturated rings. The number of halogens is 3. The van der Waals surface area contributed by atoms with Crippen molar-refractivity contribution < 1.29 is 22.4 Å². The van der Waals surface area contributed by atoms with Gasteiger partial charge in [0.1, 0.15) is 13.2 Å². The van der Waals surface area contributed by atoms with Gasteiger partial charge in [0.25, 0.3) is 5.89 Å². The highest BCUT2D eigenvalue weighted by molar-refractivity contribution is 4.91. The average Bonchev–Trinajstić information content (AvgIpc) is 2.65. The Balaban J connectivity index is 2.40. The first-order valence-electron chi connectivity index (χ1n) is 5.15. The first-order valence-corrected chi connectivity index (χ1v) is 5.15. The van der Waals surface area contributed by atoms with Gasteiger partial charge in [0.05, 0.1) is 6.04 Å². The van der Waals surface area contributed by atoms with Gasteiger partial charge in [0.2, 0.25) is 0 Å². The third-order valence-electron chi connectivity index (χ3n) is 1.91. The summed E-state index contributed by atoms with van der Waals surface area (Å²) in [6, 6.07) is -0.361. The number of nitrogens with two attached hydrogens (primary N) is 1. The van der Waals surface area contributed by atoms with E-state index < -0.39 is 12.8 Å². The molecule has 17 heavy (non-hydrogen) atoms. The van der Waals surface area contributed by atoms with E-state index in [-0.39, 0.29) is 24.4 Å². The zero-order valence-electron chi connectivity index (χ0n) is 9.33. The van der Waals surface area contributed by atoms with Crippen molar-refractivity contribution in [3.63, 3.8) is 0 Å². The molecule has 0 aliphatic carbocycles. The number of nitrogens with zero attached hydrogens (tertiary/aromatic N) is 2. The number of alkyl halides is 3. The normalized spacial score (nSPS) is 13.9. The second-order valence-corrected chi connectivity index (χ2v) is 3.55. The molecular weight excluding hydrogens is 239 g/mol. The number of ether oxygens (including phenoxy) is 1. The molecule has 98 valence electrons. The van der Waals surface area contributed by atoms with Gasteiger partial charge in [-0.1, -0.05) is 18.5 Å². The maximum atomic E-state index is 11.8. The lowest BCUT2D eigenvalue weighted by molar-refractivity contribution is -0.178. The Hall–Kier alpha value is -1.15. The van der Waals surface area contributed by atoms with E-state index >= 15 is 0 Å². The van der Waals surface area contributed by atoms with Gasteiger partial charge in [-0.2, -0.15) is 18.2 Å². The minimum absolute atomic E-state index is 0.00389. The molecule has 1 aromatic rings. The van der Waals surface area contributed by atoms with Gasteiger partial charge in [-0.05, 0) is 6.42 Å². The molecule has 0 spiro atoms. The van der Waals surface area contributed by atoms with Crippen LogP contribution in [0.1, 0.15) is 37.5 Å². The van der Waals surface area contributed by atoms with E-state index in [1.165, 1.54) is 0 Å². The van der Waals surface area contributed by atoms with Crippen LogP contribution in [0.25, 0.3) is 0 Å². The summed E-state index contributed by atoms with van der Waals surface area (Å²) in [5.41, 5.74) is 5.71. The first-order chi connectivity index (χ1) is 7.92. The lowest BCUT2D eigenvalue weighted by Gasteiger charge is -2.04. The predicted molar refractivity (Wildman–Crippen MR) is 51.8 cm³/mol. The molecule has 0 radical (unpaired) electrons. The fourth-order valence-electron chi connectivity index (χ4n) is 1.17. The standard InChI is InChI=1S/C9H14F3N3O2/c1-2-3-6(13)8-14-7(17-15-8)4-16-5-9(10,11)12/h6H,2-5,13H2,1H3. The van der Waals surface area contributed by atoms with E-state index in [0.29, 0.717) is 6.42 Å². The van der Waals surface area contributed by atoms with Gasteiger partial charge >= 0.3 is 6.18 Å². The minimum Gasteiger partial charge on any atom is -0.362 e. The third-order valence-corrected chi connectivity index (χ3v) is 1.91. The first kappa shape index (κ1) is 13.9. The molecule has 0 aliphatic rings. The largest absolute Gasteiger partial charge is 0.411 e. The highest BCUT2D eigenvalue weighted by atomic mass is 19.4. The van der Waals surface area contributed by atoms with Crippen molar-refractivity contribution in [3.8, 4) is 0 Å². The molecule has 0 saturated carbocycles. The van der Waals surface area contributed by atoms with Gasteiger partial charge in [0, 0.05) is 0 Å². The fourth-order valence-corrected chi connectivity index (χ4v) is 1.17. The van der Waals surface area contributed by atoms with Crippen LogP contribution in [0.3, 0.4) is 0 Å². The van der Waals surface area contributed by atoms with Crippen LogP contribution >= 0.6 is 0 Å². The quantitative estimate of drug-likeness (QED) is 0.838. The number of hydrogen-bond acceptors (Lipinski definition) is 5. The lowest BCUT2D eigenvalue weighted by atomic mass is 10.2. The highest BCUT2D eigenvalue weighted by Gasteiger charge is 2.27. The summed E-state index contributed by atoms with van der Waals surface area (Å²) in [6.07, 6.45) is -2.82. The molecular formula is C9H14F3N3O2. The van der Waals surface area contributed by atoms with Crippen molar-refractivity contribution in [2.24, 2.45) is 5.73 Å². The molecule has 1 heterocycles. The summed E-state index contributed by atoms with van der Waals surface area (Å²) in [4.78, 5) is 3.85. The molecule has 0 aromatic carbocycles. The summed E-state index contributed by atoms with van der Waals surface area (Å²) in [5.74, 6) is 0.285. The van der Waals surface area contributed by atoms with E-state index in [4.69, 9.17) is 10.3 Å². The van der Waals surface area contributed by atoms with E-state index in [1.54, 1.807) is 0 Å².